The smallest absolute Gasteiger partial charge is 0.349 e. The zero-order valence-corrected chi connectivity index (χ0v) is 23.4. The van der Waals surface area contributed by atoms with Crippen molar-refractivity contribution in [2.24, 2.45) is 16.8 Å². The number of carbonyl (C=O) groups is 1. The van der Waals surface area contributed by atoms with Crippen molar-refractivity contribution in [1.82, 2.24) is 0 Å². The first-order valence-corrected chi connectivity index (χ1v) is 14.4. The number of hydrogen-bond acceptors (Lipinski definition) is 8. The van der Waals surface area contributed by atoms with Gasteiger partial charge in [0.05, 0.1) is 32.5 Å². The Hall–Kier alpha value is -2.20. The van der Waals surface area contributed by atoms with Crippen LogP contribution in [-0.4, -0.2) is 65.6 Å². The van der Waals surface area contributed by atoms with Gasteiger partial charge in [-0.15, -0.1) is 0 Å². The molecule has 8 nitrogen and oxygen atoms in total. The second kappa shape index (κ2) is 8.68. The van der Waals surface area contributed by atoms with E-state index in [1.807, 2.05) is 30.4 Å². The zero-order chi connectivity index (χ0) is 26.0. The Kier molecular flexibility index (Phi) is 6.14. The van der Waals surface area contributed by atoms with Gasteiger partial charge in [0.15, 0.2) is 17.7 Å². The quantitative estimate of drug-likeness (QED) is 0.431. The number of fused-ring (bicyclic) bond motifs is 2. The lowest BCUT2D eigenvalue weighted by molar-refractivity contribution is -0.214. The van der Waals surface area contributed by atoms with Gasteiger partial charge < -0.3 is 27.8 Å². The summed E-state index contributed by atoms with van der Waals surface area (Å²) in [5.41, 5.74) is 1.58. The lowest BCUT2D eigenvalue weighted by atomic mass is 9.83. The summed E-state index contributed by atoms with van der Waals surface area (Å²) in [6.07, 6.45) is 2.25. The SMILES string of the molecule is COc1ccc(/C=C/C2=N[C@@H]3O[C@@H]4CO[Si](C(C)(C)C)(C(C)(C)C)O[C@H]4[C@@H]4OC(=O)C2[C@@H]43)cc1OC. The van der Waals surface area contributed by atoms with Gasteiger partial charge in [-0.1, -0.05) is 53.7 Å². The molecule has 196 valence electrons. The van der Waals surface area contributed by atoms with Crippen LogP contribution in [0.2, 0.25) is 10.1 Å². The highest BCUT2D eigenvalue weighted by atomic mass is 28.4. The number of esters is 1. The third-order valence-corrected chi connectivity index (χ3v) is 12.9. The van der Waals surface area contributed by atoms with Crippen molar-refractivity contribution in [2.45, 2.75) is 76.2 Å². The van der Waals surface area contributed by atoms with Crippen molar-refractivity contribution in [3.63, 3.8) is 0 Å². The average Bonchev–Trinajstić information content (AvgIpc) is 3.36. The van der Waals surface area contributed by atoms with Crippen molar-refractivity contribution < 1.29 is 32.6 Å². The van der Waals surface area contributed by atoms with Crippen LogP contribution in [0.25, 0.3) is 6.08 Å². The van der Waals surface area contributed by atoms with Gasteiger partial charge in [0, 0.05) is 10.1 Å². The first kappa shape index (κ1) is 25.4. The third kappa shape index (κ3) is 3.82. The molecule has 36 heavy (non-hydrogen) atoms. The fourth-order valence-electron chi connectivity index (χ4n) is 6.36. The fourth-order valence-corrected chi connectivity index (χ4v) is 11.3. The number of hydrogen-bond donors (Lipinski definition) is 0. The molecule has 1 aromatic rings. The number of methoxy groups -OCH3 is 2. The molecule has 0 bridgehead atoms. The molecule has 4 aliphatic rings. The largest absolute Gasteiger partial charge is 0.493 e. The highest BCUT2D eigenvalue weighted by molar-refractivity contribution is 6.73. The number of allylic oxidation sites excluding steroid dienone is 1. The van der Waals surface area contributed by atoms with E-state index in [2.05, 4.69) is 41.5 Å². The number of benzene rings is 1. The Morgan fingerprint density at radius 1 is 1.00 bits per heavy atom. The molecule has 0 N–H and O–H groups in total. The highest BCUT2D eigenvalue weighted by Crippen LogP contribution is 2.57. The summed E-state index contributed by atoms with van der Waals surface area (Å²) in [7, 11) is 0.468. The van der Waals surface area contributed by atoms with Gasteiger partial charge in [0.25, 0.3) is 0 Å². The molecule has 6 atom stereocenters. The maximum absolute atomic E-state index is 13.1. The Labute approximate surface area is 214 Å². The lowest BCUT2D eigenvalue weighted by Gasteiger charge is -2.56. The van der Waals surface area contributed by atoms with Gasteiger partial charge in [0.1, 0.15) is 24.2 Å². The molecule has 9 heteroatoms. The first-order chi connectivity index (χ1) is 16.9. The molecule has 0 aliphatic carbocycles. The van der Waals surface area contributed by atoms with E-state index in [-0.39, 0.29) is 34.2 Å². The van der Waals surface area contributed by atoms with Crippen LogP contribution in [0.5, 0.6) is 11.5 Å². The Balaban J connectivity index is 1.41. The van der Waals surface area contributed by atoms with Crippen LogP contribution in [0.15, 0.2) is 29.3 Å². The molecular weight excluding hydrogens is 478 g/mol. The van der Waals surface area contributed by atoms with Gasteiger partial charge in [-0.25, -0.2) is 0 Å². The maximum atomic E-state index is 13.1. The predicted molar refractivity (Wildman–Crippen MR) is 138 cm³/mol. The molecule has 1 unspecified atom stereocenters. The van der Waals surface area contributed by atoms with Crippen LogP contribution in [0.4, 0.5) is 0 Å². The monoisotopic (exact) mass is 515 g/mol. The summed E-state index contributed by atoms with van der Waals surface area (Å²) in [6, 6.07) is 5.66. The second-order valence-corrected chi connectivity index (χ2v) is 16.8. The summed E-state index contributed by atoms with van der Waals surface area (Å²) in [5.74, 6) is 0.361. The molecule has 3 saturated heterocycles. The summed E-state index contributed by atoms with van der Waals surface area (Å²) in [5, 5.41) is -0.344. The summed E-state index contributed by atoms with van der Waals surface area (Å²) >= 11 is 0. The number of rotatable bonds is 4. The van der Waals surface area contributed by atoms with Crippen LogP contribution >= 0.6 is 0 Å². The van der Waals surface area contributed by atoms with E-state index >= 15 is 0 Å². The van der Waals surface area contributed by atoms with E-state index in [1.54, 1.807) is 14.2 Å². The molecule has 5 rings (SSSR count). The number of nitrogens with zero attached hydrogens (tertiary/aromatic N) is 1. The molecule has 3 fully saturated rings. The summed E-state index contributed by atoms with van der Waals surface area (Å²) in [6.45, 7) is 13.5. The standard InChI is InChI=1S/C27H37NO7Si/c1-26(2,3)36(27(4,5)6)32-14-19-22(35-36)23-21-20(25(29)34-23)16(28-24(21)33-19)11-9-15-10-12-17(30-7)18(13-15)31-8/h9-13,19-24H,14H2,1-8H3/b11-9+/t19-,20?,21+,22-,23-,24-/m1/s1. The fraction of sp³-hybridized carbons (Fsp3) is 0.630. The van der Waals surface area contributed by atoms with Crippen LogP contribution in [-0.2, 0) is 23.1 Å². The van der Waals surface area contributed by atoms with E-state index < -0.39 is 26.8 Å². The maximum Gasteiger partial charge on any atom is 0.349 e. The minimum absolute atomic E-state index is 0.172. The Bertz CT molecular complexity index is 1090. The van der Waals surface area contributed by atoms with Crippen molar-refractivity contribution in [1.29, 1.82) is 0 Å². The topological polar surface area (TPSA) is 84.8 Å². The van der Waals surface area contributed by atoms with Crippen molar-refractivity contribution in [2.75, 3.05) is 20.8 Å². The molecule has 4 aliphatic heterocycles. The molecule has 0 aromatic heterocycles. The average molecular weight is 516 g/mol. The zero-order valence-electron chi connectivity index (χ0n) is 22.4. The minimum Gasteiger partial charge on any atom is -0.493 e. The van der Waals surface area contributed by atoms with E-state index in [9.17, 15) is 4.79 Å². The molecule has 1 aromatic carbocycles. The molecule has 0 spiro atoms. The minimum atomic E-state index is -2.74. The lowest BCUT2D eigenvalue weighted by Crippen LogP contribution is -2.69. The molecule has 0 radical (unpaired) electrons. The van der Waals surface area contributed by atoms with Crippen LogP contribution in [0.3, 0.4) is 0 Å². The van der Waals surface area contributed by atoms with E-state index in [1.165, 1.54) is 0 Å². The normalized spacial score (nSPS) is 33.1. The number of aliphatic imine (C=N–C) groups is 1. The first-order valence-electron chi connectivity index (χ1n) is 12.6. The van der Waals surface area contributed by atoms with Crippen molar-refractivity contribution in [3.05, 3.63) is 29.8 Å². The third-order valence-electron chi connectivity index (χ3n) is 7.78. The molecule has 0 amide bonds. The second-order valence-electron chi connectivity index (χ2n) is 12.0. The van der Waals surface area contributed by atoms with Crippen molar-refractivity contribution in [3.8, 4) is 11.5 Å². The van der Waals surface area contributed by atoms with Gasteiger partial charge in [-0.3, -0.25) is 9.79 Å². The molecule has 4 heterocycles. The Morgan fingerprint density at radius 3 is 2.33 bits per heavy atom. The van der Waals surface area contributed by atoms with Gasteiger partial charge in [-0.05, 0) is 23.8 Å². The summed E-state index contributed by atoms with van der Waals surface area (Å²) < 4.78 is 36.6. The Morgan fingerprint density at radius 2 is 1.69 bits per heavy atom. The van der Waals surface area contributed by atoms with Gasteiger partial charge >= 0.3 is 14.5 Å². The van der Waals surface area contributed by atoms with E-state index in [4.69, 9.17) is 32.8 Å². The molecule has 0 saturated carbocycles. The molecular formula is C27H37NO7Si. The van der Waals surface area contributed by atoms with E-state index in [0.717, 1.165) is 5.56 Å². The highest BCUT2D eigenvalue weighted by Gasteiger charge is 2.68. The van der Waals surface area contributed by atoms with Crippen LogP contribution < -0.4 is 9.47 Å². The van der Waals surface area contributed by atoms with Crippen LogP contribution in [0.1, 0.15) is 47.1 Å². The number of ether oxygens (including phenoxy) is 4. The predicted octanol–water partition coefficient (Wildman–Crippen LogP) is 4.51. The summed E-state index contributed by atoms with van der Waals surface area (Å²) in [4.78, 5) is 17.9. The van der Waals surface area contributed by atoms with Gasteiger partial charge in [-0.2, -0.15) is 0 Å². The number of carbonyl (C=O) groups excluding carboxylic acids is 1. The van der Waals surface area contributed by atoms with Crippen molar-refractivity contribution >= 4 is 26.3 Å². The van der Waals surface area contributed by atoms with E-state index in [0.29, 0.717) is 23.8 Å². The van der Waals surface area contributed by atoms with Crippen LogP contribution in [0, 0.1) is 11.8 Å². The van der Waals surface area contributed by atoms with Gasteiger partial charge in [0.2, 0.25) is 0 Å².